The predicted molar refractivity (Wildman–Crippen MR) is 70.1 cm³/mol. The van der Waals surface area contributed by atoms with Crippen LogP contribution in [0.5, 0.6) is 0 Å². The van der Waals surface area contributed by atoms with Gasteiger partial charge < -0.3 is 9.84 Å². The van der Waals surface area contributed by atoms with Gasteiger partial charge in [-0.15, -0.1) is 0 Å². The summed E-state index contributed by atoms with van der Waals surface area (Å²) in [5, 5.41) is 9.08. The molecule has 0 aromatic heterocycles. The Kier molecular flexibility index (Phi) is 6.39. The monoisotopic (exact) mass is 251 g/mol. The van der Waals surface area contributed by atoms with Gasteiger partial charge in [-0.3, -0.25) is 9.69 Å². The Morgan fingerprint density at radius 1 is 1.39 bits per heavy atom. The van der Waals surface area contributed by atoms with E-state index in [1.54, 1.807) is 6.92 Å². The van der Waals surface area contributed by atoms with Crippen LogP contribution in [0.1, 0.15) is 25.5 Å². The zero-order valence-corrected chi connectivity index (χ0v) is 11.0. The summed E-state index contributed by atoms with van der Waals surface area (Å²) in [4.78, 5) is 13.4. The number of aliphatic hydroxyl groups is 1. The van der Waals surface area contributed by atoms with Gasteiger partial charge in [0.15, 0.2) is 0 Å². The largest absolute Gasteiger partial charge is 0.465 e. The maximum atomic E-state index is 11.5. The number of ether oxygens (including phenoxy) is 1. The van der Waals surface area contributed by atoms with Crippen molar-refractivity contribution in [2.75, 3.05) is 26.3 Å². The molecule has 100 valence electrons. The summed E-state index contributed by atoms with van der Waals surface area (Å²) in [7, 11) is 0. The smallest absolute Gasteiger partial charge is 0.320 e. The minimum absolute atomic E-state index is 0.0244. The highest BCUT2D eigenvalue weighted by Crippen LogP contribution is 2.19. The molecule has 0 aliphatic carbocycles. The number of rotatable bonds is 7. The van der Waals surface area contributed by atoms with E-state index in [0.717, 1.165) is 5.56 Å². The summed E-state index contributed by atoms with van der Waals surface area (Å²) in [6.45, 7) is 4.86. The fourth-order valence-electron chi connectivity index (χ4n) is 1.85. The number of aliphatic hydroxyl groups excluding tert-OH is 1. The van der Waals surface area contributed by atoms with Gasteiger partial charge in [-0.1, -0.05) is 30.3 Å². The van der Waals surface area contributed by atoms with E-state index in [2.05, 4.69) is 0 Å². The second-order valence-electron chi connectivity index (χ2n) is 4.09. The van der Waals surface area contributed by atoms with E-state index >= 15 is 0 Å². The van der Waals surface area contributed by atoms with Crippen LogP contribution in [0.2, 0.25) is 0 Å². The zero-order chi connectivity index (χ0) is 13.4. The van der Waals surface area contributed by atoms with Crippen molar-refractivity contribution < 1.29 is 14.6 Å². The Balaban J connectivity index is 2.69. The van der Waals surface area contributed by atoms with Gasteiger partial charge in [-0.2, -0.15) is 0 Å². The molecule has 0 bridgehead atoms. The minimum atomic E-state index is -0.256. The maximum absolute atomic E-state index is 11.5. The van der Waals surface area contributed by atoms with Gasteiger partial charge in [0.1, 0.15) is 0 Å². The summed E-state index contributed by atoms with van der Waals surface area (Å²) in [5.41, 5.74) is 1.12. The molecular formula is C14H21NO3. The average Bonchev–Trinajstić information content (AvgIpc) is 2.39. The lowest BCUT2D eigenvalue weighted by atomic mass is 10.1. The van der Waals surface area contributed by atoms with Crippen LogP contribution in [0.15, 0.2) is 30.3 Å². The molecule has 1 atom stereocenters. The summed E-state index contributed by atoms with van der Waals surface area (Å²) in [5.74, 6) is -0.256. The van der Waals surface area contributed by atoms with Crippen molar-refractivity contribution in [2.24, 2.45) is 0 Å². The molecule has 4 heteroatoms. The molecule has 0 radical (unpaired) electrons. The molecule has 0 spiro atoms. The lowest BCUT2D eigenvalue weighted by Gasteiger charge is -2.27. The van der Waals surface area contributed by atoms with Crippen molar-refractivity contribution in [3.8, 4) is 0 Å². The molecule has 1 rings (SSSR count). The predicted octanol–water partition coefficient (Wildman–Crippen LogP) is 1.60. The normalized spacial score (nSPS) is 12.4. The highest BCUT2D eigenvalue weighted by atomic mass is 16.5. The second-order valence-corrected chi connectivity index (χ2v) is 4.09. The van der Waals surface area contributed by atoms with Crippen LogP contribution in [0, 0.1) is 0 Å². The number of carbonyl (C=O) groups excluding carboxylic acids is 1. The molecular weight excluding hydrogens is 230 g/mol. The topological polar surface area (TPSA) is 49.8 Å². The minimum Gasteiger partial charge on any atom is -0.465 e. The van der Waals surface area contributed by atoms with Gasteiger partial charge in [0, 0.05) is 12.6 Å². The first-order valence-corrected chi connectivity index (χ1v) is 6.24. The van der Waals surface area contributed by atoms with E-state index in [-0.39, 0.29) is 25.2 Å². The number of nitrogens with zero attached hydrogens (tertiary/aromatic N) is 1. The van der Waals surface area contributed by atoms with Gasteiger partial charge in [-0.25, -0.2) is 0 Å². The molecule has 0 fully saturated rings. The zero-order valence-electron chi connectivity index (χ0n) is 11.0. The van der Waals surface area contributed by atoms with Crippen LogP contribution in [0.25, 0.3) is 0 Å². The summed E-state index contributed by atoms with van der Waals surface area (Å²) >= 11 is 0. The maximum Gasteiger partial charge on any atom is 0.320 e. The van der Waals surface area contributed by atoms with Gasteiger partial charge in [0.25, 0.3) is 0 Å². The highest BCUT2D eigenvalue weighted by molar-refractivity contribution is 5.71. The van der Waals surface area contributed by atoms with Gasteiger partial charge in [0.2, 0.25) is 0 Å². The highest BCUT2D eigenvalue weighted by Gasteiger charge is 2.18. The molecule has 1 aromatic carbocycles. The lowest BCUT2D eigenvalue weighted by molar-refractivity contribution is -0.145. The van der Waals surface area contributed by atoms with Crippen LogP contribution < -0.4 is 0 Å². The number of hydrogen-bond acceptors (Lipinski definition) is 4. The molecule has 1 aromatic rings. The molecule has 0 saturated carbocycles. The molecule has 18 heavy (non-hydrogen) atoms. The van der Waals surface area contributed by atoms with E-state index < -0.39 is 0 Å². The van der Waals surface area contributed by atoms with Crippen molar-refractivity contribution in [3.63, 3.8) is 0 Å². The van der Waals surface area contributed by atoms with E-state index in [1.807, 2.05) is 42.2 Å². The van der Waals surface area contributed by atoms with Crippen molar-refractivity contribution in [1.82, 2.24) is 4.90 Å². The molecule has 0 heterocycles. The van der Waals surface area contributed by atoms with E-state index in [9.17, 15) is 4.79 Å². The summed E-state index contributed by atoms with van der Waals surface area (Å²) < 4.78 is 4.94. The number of carbonyl (C=O) groups is 1. The molecule has 0 amide bonds. The molecule has 0 aliphatic rings. The van der Waals surface area contributed by atoms with Crippen molar-refractivity contribution in [2.45, 2.75) is 19.9 Å². The van der Waals surface area contributed by atoms with Crippen LogP contribution in [0.3, 0.4) is 0 Å². The average molecular weight is 251 g/mol. The molecule has 1 N–H and O–H groups in total. The third kappa shape index (κ3) is 4.47. The molecule has 0 saturated heterocycles. The first kappa shape index (κ1) is 14.7. The third-order valence-electron chi connectivity index (χ3n) is 2.85. The van der Waals surface area contributed by atoms with Gasteiger partial charge in [-0.05, 0) is 19.4 Å². The van der Waals surface area contributed by atoms with Crippen LogP contribution in [-0.2, 0) is 9.53 Å². The summed E-state index contributed by atoms with van der Waals surface area (Å²) in [6, 6.07) is 9.99. The second kappa shape index (κ2) is 7.84. The Morgan fingerprint density at radius 3 is 2.61 bits per heavy atom. The first-order chi connectivity index (χ1) is 8.69. The SMILES string of the molecule is CCOC(=O)CN(CCO)C(C)c1ccccc1. The summed E-state index contributed by atoms with van der Waals surface area (Å²) in [6.07, 6.45) is 0. The van der Waals surface area contributed by atoms with E-state index in [4.69, 9.17) is 9.84 Å². The van der Waals surface area contributed by atoms with E-state index in [1.165, 1.54) is 0 Å². The van der Waals surface area contributed by atoms with Crippen LogP contribution in [0.4, 0.5) is 0 Å². The van der Waals surface area contributed by atoms with Crippen molar-refractivity contribution >= 4 is 5.97 Å². The number of benzene rings is 1. The Hall–Kier alpha value is -1.39. The van der Waals surface area contributed by atoms with Gasteiger partial charge in [0.05, 0.1) is 19.8 Å². The molecule has 0 aliphatic heterocycles. The van der Waals surface area contributed by atoms with Crippen molar-refractivity contribution in [3.05, 3.63) is 35.9 Å². The molecule has 1 unspecified atom stereocenters. The lowest BCUT2D eigenvalue weighted by Crippen LogP contribution is -2.35. The van der Waals surface area contributed by atoms with Crippen LogP contribution in [-0.4, -0.2) is 42.3 Å². The third-order valence-corrected chi connectivity index (χ3v) is 2.85. The first-order valence-electron chi connectivity index (χ1n) is 6.24. The molecule has 4 nitrogen and oxygen atoms in total. The van der Waals surface area contributed by atoms with Gasteiger partial charge >= 0.3 is 5.97 Å². The van der Waals surface area contributed by atoms with E-state index in [0.29, 0.717) is 13.2 Å². The standard InChI is InChI=1S/C14H21NO3/c1-3-18-14(17)11-15(9-10-16)12(2)13-7-5-4-6-8-13/h4-8,12,16H,3,9-11H2,1-2H3. The fraction of sp³-hybridized carbons (Fsp3) is 0.500. The quantitative estimate of drug-likeness (QED) is 0.748. The Bertz CT molecular complexity index is 353. The Morgan fingerprint density at radius 2 is 2.06 bits per heavy atom. The fourth-order valence-corrected chi connectivity index (χ4v) is 1.85. The van der Waals surface area contributed by atoms with Crippen molar-refractivity contribution in [1.29, 1.82) is 0 Å². The number of esters is 1. The van der Waals surface area contributed by atoms with Crippen LogP contribution >= 0.6 is 0 Å². The Labute approximate surface area is 108 Å². The number of hydrogen-bond donors (Lipinski definition) is 1.